The summed E-state index contributed by atoms with van der Waals surface area (Å²) in [5.74, 6) is 2.12. The van der Waals surface area contributed by atoms with Gasteiger partial charge in [-0.15, -0.1) is 10.2 Å². The molecule has 0 radical (unpaired) electrons. The van der Waals surface area contributed by atoms with Crippen molar-refractivity contribution in [1.29, 1.82) is 0 Å². The van der Waals surface area contributed by atoms with Crippen molar-refractivity contribution in [2.75, 3.05) is 11.1 Å². The Kier molecular flexibility index (Phi) is 6.53. The lowest BCUT2D eigenvalue weighted by atomic mass is 9.92. The Labute approximate surface area is 162 Å². The Morgan fingerprint density at radius 3 is 2.77 bits per heavy atom. The van der Waals surface area contributed by atoms with Crippen molar-refractivity contribution in [2.24, 2.45) is 5.92 Å². The lowest BCUT2D eigenvalue weighted by Crippen LogP contribution is -2.30. The number of fused-ring (bicyclic) bond motifs is 1. The molecule has 1 atom stereocenters. The number of anilines is 1. The van der Waals surface area contributed by atoms with E-state index in [9.17, 15) is 4.79 Å². The van der Waals surface area contributed by atoms with Gasteiger partial charge >= 0.3 is 0 Å². The van der Waals surface area contributed by atoms with E-state index in [-0.39, 0.29) is 5.91 Å². The molecular formula is C19H25N3O2S2. The molecule has 1 N–H and O–H groups in total. The van der Waals surface area contributed by atoms with E-state index in [0.717, 1.165) is 28.7 Å². The van der Waals surface area contributed by atoms with Crippen LogP contribution < -0.4 is 10.1 Å². The van der Waals surface area contributed by atoms with Crippen LogP contribution in [-0.4, -0.2) is 28.0 Å². The van der Waals surface area contributed by atoms with E-state index in [1.54, 1.807) is 18.7 Å². The van der Waals surface area contributed by atoms with Gasteiger partial charge in [0.05, 0.1) is 0 Å². The molecule has 0 bridgehead atoms. The highest BCUT2D eigenvalue weighted by atomic mass is 32.2. The molecule has 5 nitrogen and oxygen atoms in total. The van der Waals surface area contributed by atoms with E-state index in [1.807, 2.05) is 6.07 Å². The molecule has 1 aromatic heterocycles. The zero-order chi connectivity index (χ0) is 18.5. The maximum atomic E-state index is 12.4. The fraction of sp³-hybridized carbons (Fsp3) is 0.526. The summed E-state index contributed by atoms with van der Waals surface area (Å²) in [5.41, 5.74) is 2.75. The van der Waals surface area contributed by atoms with Gasteiger partial charge in [0.2, 0.25) is 5.13 Å². The van der Waals surface area contributed by atoms with Gasteiger partial charge < -0.3 is 4.74 Å². The lowest BCUT2D eigenvalue weighted by molar-refractivity contribution is -0.122. The lowest BCUT2D eigenvalue weighted by Gasteiger charge is -2.18. The molecule has 1 aliphatic carbocycles. The molecule has 3 rings (SSSR count). The van der Waals surface area contributed by atoms with Crippen LogP contribution in [0.25, 0.3) is 0 Å². The van der Waals surface area contributed by atoms with E-state index in [2.05, 4.69) is 41.5 Å². The highest BCUT2D eigenvalue weighted by Crippen LogP contribution is 2.28. The second-order valence-electron chi connectivity index (χ2n) is 6.96. The summed E-state index contributed by atoms with van der Waals surface area (Å²) >= 11 is 3.06. The van der Waals surface area contributed by atoms with E-state index >= 15 is 0 Å². The van der Waals surface area contributed by atoms with Crippen LogP contribution in [0.1, 0.15) is 44.7 Å². The molecule has 1 amide bonds. The van der Waals surface area contributed by atoms with Gasteiger partial charge in [0.1, 0.15) is 5.75 Å². The summed E-state index contributed by atoms with van der Waals surface area (Å²) in [5, 5.41) is 11.5. The largest absolute Gasteiger partial charge is 0.481 e. The Morgan fingerprint density at radius 2 is 2.00 bits per heavy atom. The first kappa shape index (κ1) is 19.2. The number of ether oxygens (including phenoxy) is 1. The first-order chi connectivity index (χ1) is 12.5. The number of nitrogens with zero attached hydrogens (tertiary/aromatic N) is 2. The Hall–Kier alpha value is -1.60. The summed E-state index contributed by atoms with van der Waals surface area (Å²) in [6.07, 6.45) is 4.12. The molecule has 1 unspecified atom stereocenters. The van der Waals surface area contributed by atoms with Crippen LogP contribution in [0.3, 0.4) is 0 Å². The fourth-order valence-electron chi connectivity index (χ4n) is 2.80. The molecule has 1 aromatic carbocycles. The monoisotopic (exact) mass is 391 g/mol. The maximum Gasteiger partial charge on any atom is 0.266 e. The average Bonchev–Trinajstić information content (AvgIpc) is 3.07. The van der Waals surface area contributed by atoms with Gasteiger partial charge in [-0.3, -0.25) is 10.1 Å². The summed E-state index contributed by atoms with van der Waals surface area (Å²) in [6.45, 7) is 6.08. The van der Waals surface area contributed by atoms with Crippen molar-refractivity contribution in [3.63, 3.8) is 0 Å². The van der Waals surface area contributed by atoms with Gasteiger partial charge in [0.25, 0.3) is 5.91 Å². The number of aromatic nitrogens is 2. The fourth-order valence-corrected chi connectivity index (χ4v) is 4.54. The van der Waals surface area contributed by atoms with Gasteiger partial charge in [-0.1, -0.05) is 43.0 Å². The zero-order valence-corrected chi connectivity index (χ0v) is 17.1. The topological polar surface area (TPSA) is 64.1 Å². The number of benzene rings is 1. The quantitative estimate of drug-likeness (QED) is 0.553. The summed E-state index contributed by atoms with van der Waals surface area (Å²) < 4.78 is 6.71. The number of rotatable bonds is 7. The standard InChI is InChI=1S/C19H25N3O2S2/c1-12(2)11-25-19-22-21-18(26-19)20-17(23)13(3)24-16-9-8-14-6-4-5-7-15(14)10-16/h8-10,12-13H,4-7,11H2,1-3H3,(H,20,21,23). The molecule has 0 saturated carbocycles. The van der Waals surface area contributed by atoms with Crippen LogP contribution in [0.5, 0.6) is 5.75 Å². The first-order valence-electron chi connectivity index (χ1n) is 9.07. The van der Waals surface area contributed by atoms with Crippen LogP contribution in [0.4, 0.5) is 5.13 Å². The van der Waals surface area contributed by atoms with Gasteiger partial charge in [-0.25, -0.2) is 0 Å². The molecule has 2 aromatic rings. The molecule has 1 aliphatic rings. The van der Waals surface area contributed by atoms with Gasteiger partial charge in [0.15, 0.2) is 10.4 Å². The van der Waals surface area contributed by atoms with Crippen LogP contribution in [-0.2, 0) is 17.6 Å². The summed E-state index contributed by atoms with van der Waals surface area (Å²) in [7, 11) is 0. The van der Waals surface area contributed by atoms with E-state index in [4.69, 9.17) is 4.74 Å². The molecule has 0 fully saturated rings. The third-order valence-electron chi connectivity index (χ3n) is 4.18. The second kappa shape index (κ2) is 8.86. The number of aryl methyl sites for hydroxylation is 2. The molecule has 140 valence electrons. The molecule has 0 aliphatic heterocycles. The molecule has 7 heteroatoms. The van der Waals surface area contributed by atoms with Gasteiger partial charge in [-0.2, -0.15) is 0 Å². The summed E-state index contributed by atoms with van der Waals surface area (Å²) in [6, 6.07) is 6.15. The van der Waals surface area contributed by atoms with Crippen molar-refractivity contribution in [2.45, 2.75) is 56.9 Å². The SMILES string of the molecule is CC(C)CSc1nnc(NC(=O)C(C)Oc2ccc3c(c2)CCCC3)s1. The normalized spacial score (nSPS) is 14.8. The average molecular weight is 392 g/mol. The minimum Gasteiger partial charge on any atom is -0.481 e. The number of hydrogen-bond acceptors (Lipinski definition) is 6. The molecule has 26 heavy (non-hydrogen) atoms. The van der Waals surface area contributed by atoms with E-state index in [1.165, 1.54) is 35.3 Å². The minimum absolute atomic E-state index is 0.209. The smallest absolute Gasteiger partial charge is 0.266 e. The minimum atomic E-state index is -0.590. The van der Waals surface area contributed by atoms with Crippen molar-refractivity contribution in [3.8, 4) is 5.75 Å². The van der Waals surface area contributed by atoms with Crippen LogP contribution in [0, 0.1) is 5.92 Å². The zero-order valence-electron chi connectivity index (χ0n) is 15.4. The van der Waals surface area contributed by atoms with Crippen LogP contribution in [0.2, 0.25) is 0 Å². The number of hydrogen-bond donors (Lipinski definition) is 1. The second-order valence-corrected chi connectivity index (χ2v) is 9.21. The third kappa shape index (κ3) is 5.20. The van der Waals surface area contributed by atoms with Crippen molar-refractivity contribution >= 4 is 34.1 Å². The number of thioether (sulfide) groups is 1. The molecular weight excluding hydrogens is 366 g/mol. The van der Waals surface area contributed by atoms with Gasteiger partial charge in [0, 0.05) is 5.75 Å². The molecule has 0 saturated heterocycles. The molecule has 1 heterocycles. The Balaban J connectivity index is 1.54. The predicted octanol–water partition coefficient (Wildman–Crippen LogP) is 4.57. The maximum absolute atomic E-state index is 12.4. The summed E-state index contributed by atoms with van der Waals surface area (Å²) in [4.78, 5) is 12.4. The Morgan fingerprint density at radius 1 is 1.23 bits per heavy atom. The number of carbonyl (C=O) groups excluding carboxylic acids is 1. The van der Waals surface area contributed by atoms with Gasteiger partial charge in [-0.05, 0) is 61.8 Å². The first-order valence-corrected chi connectivity index (χ1v) is 10.9. The highest BCUT2D eigenvalue weighted by Gasteiger charge is 2.18. The predicted molar refractivity (Wildman–Crippen MR) is 107 cm³/mol. The van der Waals surface area contributed by atoms with E-state index < -0.39 is 6.10 Å². The van der Waals surface area contributed by atoms with Crippen molar-refractivity contribution in [3.05, 3.63) is 29.3 Å². The number of carbonyl (C=O) groups is 1. The van der Waals surface area contributed by atoms with Crippen molar-refractivity contribution < 1.29 is 9.53 Å². The third-order valence-corrected chi connectivity index (χ3v) is 6.58. The van der Waals surface area contributed by atoms with E-state index in [0.29, 0.717) is 11.0 Å². The highest BCUT2D eigenvalue weighted by molar-refractivity contribution is 8.01. The van der Waals surface area contributed by atoms with Crippen LogP contribution in [0.15, 0.2) is 22.5 Å². The Bertz CT molecular complexity index is 761. The number of amides is 1. The molecule has 0 spiro atoms. The van der Waals surface area contributed by atoms with Crippen molar-refractivity contribution in [1.82, 2.24) is 10.2 Å². The van der Waals surface area contributed by atoms with Crippen LogP contribution >= 0.6 is 23.1 Å². The number of nitrogens with one attached hydrogen (secondary N) is 1.